The molecule has 124 valence electrons. The van der Waals surface area contributed by atoms with Crippen LogP contribution < -0.4 is 4.72 Å². The van der Waals surface area contributed by atoms with Crippen LogP contribution >= 0.6 is 0 Å². The monoisotopic (exact) mass is 343 g/mol. The van der Waals surface area contributed by atoms with Crippen molar-refractivity contribution in [1.82, 2.24) is 10.2 Å². The van der Waals surface area contributed by atoms with Crippen molar-refractivity contribution in [1.29, 1.82) is 0 Å². The van der Waals surface area contributed by atoms with Crippen molar-refractivity contribution in [3.8, 4) is 11.5 Å². The Hall–Kier alpha value is -2.67. The zero-order chi connectivity index (χ0) is 17.2. The van der Waals surface area contributed by atoms with Gasteiger partial charge in [0.25, 0.3) is 0 Å². The lowest BCUT2D eigenvalue weighted by molar-refractivity contribution is 0.533. The van der Waals surface area contributed by atoms with E-state index in [1.807, 2.05) is 31.2 Å². The van der Waals surface area contributed by atoms with Gasteiger partial charge in [-0.1, -0.05) is 29.8 Å². The molecule has 1 aromatic heterocycles. The Bertz CT molecular complexity index is 930. The average Bonchev–Trinajstić information content (AvgIpc) is 2.96. The standard InChI is InChI=1S/C17H17N3O3S/c1-12-3-5-14(6-4-12)11-24(21,22)20-16-9-7-15(8-10-16)17-19-18-13(2)23-17/h3-10,20H,11H2,1-2H3. The van der Waals surface area contributed by atoms with Gasteiger partial charge < -0.3 is 4.42 Å². The molecule has 3 aromatic rings. The maximum Gasteiger partial charge on any atom is 0.247 e. The second kappa shape index (κ2) is 6.45. The van der Waals surface area contributed by atoms with E-state index in [1.54, 1.807) is 31.2 Å². The highest BCUT2D eigenvalue weighted by atomic mass is 32.2. The summed E-state index contributed by atoms with van der Waals surface area (Å²) < 4.78 is 32.4. The van der Waals surface area contributed by atoms with Crippen LogP contribution in [0.5, 0.6) is 0 Å². The lowest BCUT2D eigenvalue weighted by Gasteiger charge is -2.08. The van der Waals surface area contributed by atoms with E-state index in [9.17, 15) is 8.42 Å². The van der Waals surface area contributed by atoms with Crippen LogP contribution in [0.4, 0.5) is 5.69 Å². The summed E-state index contributed by atoms with van der Waals surface area (Å²) in [5, 5.41) is 7.70. The Morgan fingerprint density at radius 2 is 1.62 bits per heavy atom. The lowest BCUT2D eigenvalue weighted by atomic mass is 10.2. The molecule has 0 saturated heterocycles. The molecule has 0 fully saturated rings. The number of rotatable bonds is 5. The number of benzene rings is 2. The van der Waals surface area contributed by atoms with E-state index in [0.717, 1.165) is 16.7 Å². The van der Waals surface area contributed by atoms with Crippen molar-refractivity contribution < 1.29 is 12.8 Å². The average molecular weight is 343 g/mol. The summed E-state index contributed by atoms with van der Waals surface area (Å²) in [6.07, 6.45) is 0. The van der Waals surface area contributed by atoms with Crippen LogP contribution in [0.15, 0.2) is 52.9 Å². The topological polar surface area (TPSA) is 85.1 Å². The van der Waals surface area contributed by atoms with Crippen LogP contribution in [-0.2, 0) is 15.8 Å². The smallest absolute Gasteiger partial charge is 0.247 e. The van der Waals surface area contributed by atoms with Crippen LogP contribution in [-0.4, -0.2) is 18.6 Å². The van der Waals surface area contributed by atoms with Crippen LogP contribution in [0.25, 0.3) is 11.5 Å². The molecule has 0 unspecified atom stereocenters. The van der Waals surface area contributed by atoms with Gasteiger partial charge in [-0.25, -0.2) is 8.42 Å². The van der Waals surface area contributed by atoms with Gasteiger partial charge in [0.15, 0.2) is 0 Å². The Morgan fingerprint density at radius 1 is 0.958 bits per heavy atom. The number of aryl methyl sites for hydroxylation is 2. The van der Waals surface area contributed by atoms with E-state index < -0.39 is 10.0 Å². The van der Waals surface area contributed by atoms with Gasteiger partial charge in [-0.2, -0.15) is 0 Å². The van der Waals surface area contributed by atoms with Gasteiger partial charge >= 0.3 is 0 Å². The third-order valence-corrected chi connectivity index (χ3v) is 4.67. The van der Waals surface area contributed by atoms with Gasteiger partial charge in [0.2, 0.25) is 21.8 Å². The number of nitrogens with one attached hydrogen (secondary N) is 1. The molecule has 2 aromatic carbocycles. The van der Waals surface area contributed by atoms with Crippen LogP contribution in [0, 0.1) is 13.8 Å². The first-order valence-corrected chi connectivity index (χ1v) is 9.03. The first-order valence-electron chi connectivity index (χ1n) is 7.38. The Labute approximate surface area is 140 Å². The Kier molecular flexibility index (Phi) is 4.35. The molecule has 0 bridgehead atoms. The number of sulfonamides is 1. The predicted octanol–water partition coefficient (Wildman–Crippen LogP) is 3.30. The fraction of sp³-hybridized carbons (Fsp3) is 0.176. The molecule has 1 heterocycles. The molecule has 0 atom stereocenters. The van der Waals surface area contributed by atoms with Gasteiger partial charge in [0.05, 0.1) is 5.75 Å². The number of aromatic nitrogens is 2. The van der Waals surface area contributed by atoms with E-state index in [0.29, 0.717) is 17.5 Å². The van der Waals surface area contributed by atoms with E-state index in [-0.39, 0.29) is 5.75 Å². The van der Waals surface area contributed by atoms with Gasteiger partial charge in [-0.3, -0.25) is 4.72 Å². The predicted molar refractivity (Wildman–Crippen MR) is 91.9 cm³/mol. The molecule has 1 N–H and O–H groups in total. The molecule has 0 aliphatic heterocycles. The van der Waals surface area contributed by atoms with Crippen LogP contribution in [0.2, 0.25) is 0 Å². The Morgan fingerprint density at radius 3 is 2.21 bits per heavy atom. The first kappa shape index (κ1) is 16.2. The summed E-state index contributed by atoms with van der Waals surface area (Å²) in [6, 6.07) is 14.2. The van der Waals surface area contributed by atoms with Crippen LogP contribution in [0.3, 0.4) is 0 Å². The lowest BCUT2D eigenvalue weighted by Crippen LogP contribution is -2.15. The molecular formula is C17H17N3O3S. The minimum Gasteiger partial charge on any atom is -0.421 e. The number of hydrogen-bond acceptors (Lipinski definition) is 5. The molecule has 24 heavy (non-hydrogen) atoms. The Balaban J connectivity index is 1.71. The summed E-state index contributed by atoms with van der Waals surface area (Å²) >= 11 is 0. The van der Waals surface area contributed by atoms with E-state index in [4.69, 9.17) is 4.42 Å². The molecule has 0 spiro atoms. The highest BCUT2D eigenvalue weighted by Gasteiger charge is 2.12. The fourth-order valence-corrected chi connectivity index (χ4v) is 3.41. The van der Waals surface area contributed by atoms with Crippen molar-refractivity contribution in [3.63, 3.8) is 0 Å². The largest absolute Gasteiger partial charge is 0.421 e. The summed E-state index contributed by atoms with van der Waals surface area (Å²) in [6.45, 7) is 3.67. The van der Waals surface area contributed by atoms with Crippen molar-refractivity contribution in [3.05, 3.63) is 65.5 Å². The molecule has 7 heteroatoms. The minimum absolute atomic E-state index is 0.0715. The SMILES string of the molecule is Cc1ccc(CS(=O)(=O)Nc2ccc(-c3nnc(C)o3)cc2)cc1. The fourth-order valence-electron chi connectivity index (χ4n) is 2.21. The summed E-state index contributed by atoms with van der Waals surface area (Å²) in [7, 11) is -3.48. The highest BCUT2D eigenvalue weighted by molar-refractivity contribution is 7.91. The van der Waals surface area contributed by atoms with Gasteiger partial charge in [-0.05, 0) is 36.8 Å². The zero-order valence-corrected chi connectivity index (χ0v) is 14.2. The maximum absolute atomic E-state index is 12.3. The second-order valence-corrected chi connectivity index (χ2v) is 7.27. The molecular weight excluding hydrogens is 326 g/mol. The van der Waals surface area contributed by atoms with Crippen LogP contribution in [0.1, 0.15) is 17.0 Å². The molecule has 6 nitrogen and oxygen atoms in total. The third kappa shape index (κ3) is 3.99. The minimum atomic E-state index is -3.48. The number of hydrogen-bond donors (Lipinski definition) is 1. The van der Waals surface area contributed by atoms with E-state index in [1.165, 1.54) is 0 Å². The van der Waals surface area contributed by atoms with Gasteiger partial charge in [0, 0.05) is 18.2 Å². The van der Waals surface area contributed by atoms with E-state index >= 15 is 0 Å². The normalized spacial score (nSPS) is 11.4. The van der Waals surface area contributed by atoms with Gasteiger partial charge in [-0.15, -0.1) is 10.2 Å². The quantitative estimate of drug-likeness (QED) is 0.768. The molecule has 0 saturated carbocycles. The summed E-state index contributed by atoms with van der Waals surface area (Å²) in [5.41, 5.74) is 3.06. The molecule has 0 amide bonds. The van der Waals surface area contributed by atoms with Crippen molar-refractivity contribution in [2.45, 2.75) is 19.6 Å². The maximum atomic E-state index is 12.3. The number of anilines is 1. The van der Waals surface area contributed by atoms with Gasteiger partial charge in [0.1, 0.15) is 0 Å². The first-order chi connectivity index (χ1) is 11.4. The van der Waals surface area contributed by atoms with Crippen molar-refractivity contribution >= 4 is 15.7 Å². The van der Waals surface area contributed by atoms with Crippen molar-refractivity contribution in [2.24, 2.45) is 0 Å². The molecule has 0 aliphatic carbocycles. The molecule has 0 radical (unpaired) electrons. The molecule has 0 aliphatic rings. The van der Waals surface area contributed by atoms with E-state index in [2.05, 4.69) is 14.9 Å². The third-order valence-electron chi connectivity index (χ3n) is 3.41. The highest BCUT2D eigenvalue weighted by Crippen LogP contribution is 2.21. The second-order valence-electron chi connectivity index (χ2n) is 5.55. The van der Waals surface area contributed by atoms with Crippen molar-refractivity contribution in [2.75, 3.05) is 4.72 Å². The zero-order valence-electron chi connectivity index (χ0n) is 13.4. The molecule has 3 rings (SSSR count). The summed E-state index contributed by atoms with van der Waals surface area (Å²) in [5.74, 6) is 0.812. The number of nitrogens with zero attached hydrogens (tertiary/aromatic N) is 2. The summed E-state index contributed by atoms with van der Waals surface area (Å²) in [4.78, 5) is 0.